The van der Waals surface area contributed by atoms with Crippen LogP contribution in [0.25, 0.3) is 6.08 Å². The lowest BCUT2D eigenvalue weighted by atomic mass is 10.1. The summed E-state index contributed by atoms with van der Waals surface area (Å²) >= 11 is 6.27. The molecule has 0 N–H and O–H groups in total. The number of hydrogen-bond donors (Lipinski definition) is 0. The Kier molecular flexibility index (Phi) is 5.92. The molecule has 0 aliphatic carbocycles. The van der Waals surface area contributed by atoms with Gasteiger partial charge in [0.25, 0.3) is 5.91 Å². The Morgan fingerprint density at radius 2 is 2.11 bits per heavy atom. The van der Waals surface area contributed by atoms with Gasteiger partial charge in [0.1, 0.15) is 16.2 Å². The van der Waals surface area contributed by atoms with Crippen molar-refractivity contribution in [3.05, 3.63) is 40.6 Å². The quantitative estimate of drug-likeness (QED) is 0.525. The molecule has 2 heterocycles. The van der Waals surface area contributed by atoms with E-state index >= 15 is 0 Å². The van der Waals surface area contributed by atoms with E-state index in [1.165, 1.54) is 29.0 Å². The monoisotopic (exact) mass is 442 g/mol. The number of hydrogen-bond acceptors (Lipinski definition) is 6. The van der Waals surface area contributed by atoms with Crippen molar-refractivity contribution < 1.29 is 22.4 Å². The number of rotatable bonds is 4. The molecule has 2 unspecified atom stereocenters. The van der Waals surface area contributed by atoms with E-state index in [0.717, 1.165) is 11.8 Å². The van der Waals surface area contributed by atoms with Crippen molar-refractivity contribution in [1.29, 1.82) is 0 Å². The number of sulfone groups is 1. The van der Waals surface area contributed by atoms with E-state index in [4.69, 9.17) is 12.2 Å². The first-order valence-electron chi connectivity index (χ1n) is 8.59. The highest BCUT2D eigenvalue weighted by atomic mass is 32.2. The zero-order chi connectivity index (χ0) is 20.6. The van der Waals surface area contributed by atoms with Crippen molar-refractivity contribution >= 4 is 56.0 Å². The smallest absolute Gasteiger partial charge is 0.266 e. The summed E-state index contributed by atoms with van der Waals surface area (Å²) in [6.45, 7) is 1.55. The fraction of sp³-hybridized carbons (Fsp3) is 0.389. The molecule has 1 aromatic rings. The average molecular weight is 443 g/mol. The third kappa shape index (κ3) is 4.13. The van der Waals surface area contributed by atoms with Crippen LogP contribution in [0.1, 0.15) is 18.9 Å². The van der Waals surface area contributed by atoms with Crippen LogP contribution in [-0.4, -0.2) is 65.0 Å². The van der Waals surface area contributed by atoms with E-state index in [-0.39, 0.29) is 32.2 Å². The molecule has 2 aliphatic heterocycles. The lowest BCUT2D eigenvalue weighted by Crippen LogP contribution is -2.50. The predicted molar refractivity (Wildman–Crippen MR) is 111 cm³/mol. The van der Waals surface area contributed by atoms with Gasteiger partial charge in [0.15, 0.2) is 9.84 Å². The van der Waals surface area contributed by atoms with Crippen LogP contribution < -0.4 is 0 Å². The first-order valence-corrected chi connectivity index (χ1v) is 11.6. The maximum atomic E-state index is 13.9. The molecule has 2 fully saturated rings. The normalized spacial score (nSPS) is 24.0. The summed E-state index contributed by atoms with van der Waals surface area (Å²) in [6.07, 6.45) is 1.79. The minimum Gasteiger partial charge on any atom is -0.340 e. The van der Waals surface area contributed by atoms with Crippen molar-refractivity contribution in [2.24, 2.45) is 0 Å². The van der Waals surface area contributed by atoms with Gasteiger partial charge in [0.2, 0.25) is 5.91 Å². The number of thioether (sulfide) groups is 1. The van der Waals surface area contributed by atoms with Gasteiger partial charge in [0, 0.05) is 18.7 Å². The SMILES string of the molecule is CC(C(=O)N(C)C1CCS(=O)(=O)C1)N1C(=O)/C(=C/c2ccccc2F)SC1=S. The predicted octanol–water partition coefficient (Wildman–Crippen LogP) is 2.06. The molecule has 2 aliphatic rings. The molecule has 1 aromatic carbocycles. The number of carbonyl (C=O) groups is 2. The molecule has 2 atom stereocenters. The van der Waals surface area contributed by atoms with E-state index < -0.39 is 33.6 Å². The van der Waals surface area contributed by atoms with Crippen molar-refractivity contribution in [2.45, 2.75) is 25.4 Å². The fourth-order valence-corrected chi connectivity index (χ4v) is 6.40. The van der Waals surface area contributed by atoms with Crippen molar-refractivity contribution in [2.75, 3.05) is 18.6 Å². The van der Waals surface area contributed by atoms with Gasteiger partial charge in [-0.1, -0.05) is 42.2 Å². The van der Waals surface area contributed by atoms with Crippen molar-refractivity contribution in [1.82, 2.24) is 9.80 Å². The van der Waals surface area contributed by atoms with Crippen LogP contribution in [-0.2, 0) is 19.4 Å². The Bertz CT molecular complexity index is 977. The van der Waals surface area contributed by atoms with Gasteiger partial charge in [-0.2, -0.15) is 0 Å². The Morgan fingerprint density at radius 1 is 1.43 bits per heavy atom. The van der Waals surface area contributed by atoms with Crippen LogP contribution in [0.3, 0.4) is 0 Å². The van der Waals surface area contributed by atoms with E-state index in [1.54, 1.807) is 25.1 Å². The molecular formula is C18H19FN2O4S3. The second-order valence-electron chi connectivity index (χ2n) is 6.76. The minimum absolute atomic E-state index is 0.0517. The summed E-state index contributed by atoms with van der Waals surface area (Å²) in [5, 5.41) is 0. The van der Waals surface area contributed by atoms with Gasteiger partial charge in [-0.25, -0.2) is 12.8 Å². The number of thiocarbonyl (C=S) groups is 1. The van der Waals surface area contributed by atoms with E-state index in [9.17, 15) is 22.4 Å². The van der Waals surface area contributed by atoms with Crippen LogP contribution in [0.4, 0.5) is 4.39 Å². The Labute approximate surface area is 172 Å². The van der Waals surface area contributed by atoms with E-state index in [0.29, 0.717) is 6.42 Å². The highest BCUT2D eigenvalue weighted by Crippen LogP contribution is 2.34. The molecule has 6 nitrogen and oxygen atoms in total. The highest BCUT2D eigenvalue weighted by molar-refractivity contribution is 8.26. The molecule has 3 rings (SSSR count). The van der Waals surface area contributed by atoms with Gasteiger partial charge in [0.05, 0.1) is 16.4 Å². The summed E-state index contributed by atoms with van der Waals surface area (Å²) in [5.41, 5.74) is 0.259. The van der Waals surface area contributed by atoms with Gasteiger partial charge in [-0.15, -0.1) is 0 Å². The number of amides is 2. The van der Waals surface area contributed by atoms with Gasteiger partial charge >= 0.3 is 0 Å². The van der Waals surface area contributed by atoms with E-state index in [1.807, 2.05) is 0 Å². The summed E-state index contributed by atoms with van der Waals surface area (Å²) in [4.78, 5) is 28.4. The third-order valence-electron chi connectivity index (χ3n) is 4.86. The molecule has 0 aromatic heterocycles. The zero-order valence-electron chi connectivity index (χ0n) is 15.3. The lowest BCUT2D eigenvalue weighted by molar-refractivity contribution is -0.139. The molecule has 0 saturated carbocycles. The first kappa shape index (κ1) is 20.9. The van der Waals surface area contributed by atoms with E-state index in [2.05, 4.69) is 0 Å². The maximum Gasteiger partial charge on any atom is 0.266 e. The molecule has 2 amide bonds. The highest BCUT2D eigenvalue weighted by Gasteiger charge is 2.41. The second-order valence-corrected chi connectivity index (χ2v) is 10.7. The topological polar surface area (TPSA) is 74.8 Å². The molecule has 10 heteroatoms. The lowest BCUT2D eigenvalue weighted by Gasteiger charge is -2.30. The zero-order valence-corrected chi connectivity index (χ0v) is 17.7. The molecule has 0 radical (unpaired) electrons. The molecule has 0 bridgehead atoms. The second kappa shape index (κ2) is 7.92. The number of carbonyl (C=O) groups excluding carboxylic acids is 2. The van der Waals surface area contributed by atoms with Crippen LogP contribution in [0.5, 0.6) is 0 Å². The van der Waals surface area contributed by atoms with Gasteiger partial charge in [-0.3, -0.25) is 14.5 Å². The molecule has 2 saturated heterocycles. The van der Waals surface area contributed by atoms with Gasteiger partial charge in [-0.05, 0) is 25.5 Å². The molecule has 0 spiro atoms. The molecule has 150 valence electrons. The summed E-state index contributed by atoms with van der Waals surface area (Å²) in [6, 6.07) is 4.76. The first-order chi connectivity index (χ1) is 13.1. The average Bonchev–Trinajstić information content (AvgIpc) is 3.14. The number of nitrogens with zero attached hydrogens (tertiary/aromatic N) is 2. The van der Waals surface area contributed by atoms with Gasteiger partial charge < -0.3 is 4.90 Å². The molecular weight excluding hydrogens is 423 g/mol. The molecule has 28 heavy (non-hydrogen) atoms. The minimum atomic E-state index is -3.14. The standard InChI is InChI=1S/C18H19FN2O4S3/c1-11(16(22)20(2)13-7-8-28(24,25)10-13)21-17(23)15(27-18(21)26)9-12-5-3-4-6-14(12)19/h3-6,9,11,13H,7-8,10H2,1-2H3/b15-9-. The van der Waals surface area contributed by atoms with Crippen molar-refractivity contribution in [3.8, 4) is 0 Å². The summed E-state index contributed by atoms with van der Waals surface area (Å²) < 4.78 is 37.4. The Hall–Kier alpha value is -1.78. The van der Waals surface area contributed by atoms with Crippen LogP contribution >= 0.6 is 24.0 Å². The number of benzene rings is 1. The third-order valence-corrected chi connectivity index (χ3v) is 7.94. The largest absolute Gasteiger partial charge is 0.340 e. The van der Waals surface area contributed by atoms with Crippen molar-refractivity contribution in [3.63, 3.8) is 0 Å². The maximum absolute atomic E-state index is 13.9. The summed E-state index contributed by atoms with van der Waals surface area (Å²) in [5.74, 6) is -1.33. The Balaban J connectivity index is 1.77. The summed E-state index contributed by atoms with van der Waals surface area (Å²) in [7, 11) is -1.60. The number of halogens is 1. The van der Waals surface area contributed by atoms with Crippen LogP contribution in [0, 0.1) is 5.82 Å². The Morgan fingerprint density at radius 3 is 2.71 bits per heavy atom. The van der Waals surface area contributed by atoms with Crippen LogP contribution in [0.2, 0.25) is 0 Å². The van der Waals surface area contributed by atoms with Crippen LogP contribution in [0.15, 0.2) is 29.2 Å². The fourth-order valence-electron chi connectivity index (χ4n) is 3.21. The number of likely N-dealkylation sites (N-methyl/N-ethyl adjacent to an activating group) is 1.